The lowest BCUT2D eigenvalue weighted by atomic mass is 10.2. The number of hydrogen-bond donors (Lipinski definition) is 2. The molecule has 0 unspecified atom stereocenters. The van der Waals surface area contributed by atoms with Crippen molar-refractivity contribution in [2.45, 2.75) is 20.4 Å². The van der Waals surface area contributed by atoms with E-state index in [9.17, 15) is 4.79 Å². The number of thiophene rings is 1. The van der Waals surface area contributed by atoms with Crippen molar-refractivity contribution in [1.29, 1.82) is 0 Å². The van der Waals surface area contributed by atoms with E-state index < -0.39 is 0 Å². The van der Waals surface area contributed by atoms with Gasteiger partial charge in [0.05, 0.1) is 11.9 Å². The molecule has 0 bridgehead atoms. The van der Waals surface area contributed by atoms with Crippen LogP contribution in [0, 0.1) is 13.8 Å². The number of rotatable bonds is 3. The van der Waals surface area contributed by atoms with Gasteiger partial charge in [-0.15, -0.1) is 11.3 Å². The Morgan fingerprint density at radius 3 is 2.71 bits per heavy atom. The Labute approximate surface area is 134 Å². The summed E-state index contributed by atoms with van der Waals surface area (Å²) in [6.07, 6.45) is 0. The molecule has 3 rings (SSSR count). The highest BCUT2D eigenvalue weighted by molar-refractivity contribution is 9.10. The van der Waals surface area contributed by atoms with Gasteiger partial charge in [-0.2, -0.15) is 0 Å². The molecule has 0 aliphatic rings. The van der Waals surface area contributed by atoms with Gasteiger partial charge in [0.1, 0.15) is 10.7 Å². The SMILES string of the molecule is Cc1sc2nc(CNc3ccc(Br)cc3)[nH]c(=O)c2c1C. The van der Waals surface area contributed by atoms with Crippen molar-refractivity contribution in [3.05, 3.63) is 55.4 Å². The number of aromatic amines is 1. The third-order valence-electron chi connectivity index (χ3n) is 3.39. The van der Waals surface area contributed by atoms with Gasteiger partial charge in [-0.05, 0) is 43.7 Å². The van der Waals surface area contributed by atoms with Crippen molar-refractivity contribution < 1.29 is 0 Å². The first kappa shape index (κ1) is 14.3. The zero-order chi connectivity index (χ0) is 15.0. The molecule has 21 heavy (non-hydrogen) atoms. The van der Waals surface area contributed by atoms with E-state index in [1.807, 2.05) is 38.1 Å². The molecular weight excluding hydrogens is 350 g/mol. The Bertz CT molecular complexity index is 852. The largest absolute Gasteiger partial charge is 0.378 e. The molecule has 0 saturated heterocycles. The molecule has 4 nitrogen and oxygen atoms in total. The Morgan fingerprint density at radius 1 is 1.29 bits per heavy atom. The molecular formula is C15H14BrN3OS. The fourth-order valence-corrected chi connectivity index (χ4v) is 3.45. The second kappa shape index (κ2) is 5.61. The summed E-state index contributed by atoms with van der Waals surface area (Å²) in [5, 5.41) is 3.97. The number of hydrogen-bond acceptors (Lipinski definition) is 4. The lowest BCUT2D eigenvalue weighted by Gasteiger charge is -2.06. The number of fused-ring (bicyclic) bond motifs is 1. The van der Waals surface area contributed by atoms with E-state index in [-0.39, 0.29) is 5.56 Å². The molecule has 6 heteroatoms. The van der Waals surface area contributed by atoms with Crippen molar-refractivity contribution in [2.24, 2.45) is 0 Å². The summed E-state index contributed by atoms with van der Waals surface area (Å²) in [5.74, 6) is 0.650. The van der Waals surface area contributed by atoms with Gasteiger partial charge < -0.3 is 10.3 Å². The summed E-state index contributed by atoms with van der Waals surface area (Å²) in [4.78, 5) is 21.5. The van der Waals surface area contributed by atoms with E-state index >= 15 is 0 Å². The molecule has 2 heterocycles. The average molecular weight is 364 g/mol. The van der Waals surface area contributed by atoms with Gasteiger partial charge in [-0.1, -0.05) is 15.9 Å². The molecule has 0 saturated carbocycles. The maximum absolute atomic E-state index is 12.2. The molecule has 0 fully saturated rings. The summed E-state index contributed by atoms with van der Waals surface area (Å²) in [5.41, 5.74) is 1.95. The maximum Gasteiger partial charge on any atom is 0.259 e. The van der Waals surface area contributed by atoms with Crippen LogP contribution in [0.1, 0.15) is 16.3 Å². The molecule has 0 radical (unpaired) electrons. The van der Waals surface area contributed by atoms with Crippen LogP contribution >= 0.6 is 27.3 Å². The highest BCUT2D eigenvalue weighted by Crippen LogP contribution is 2.25. The molecule has 3 aromatic rings. The van der Waals surface area contributed by atoms with Gasteiger partial charge in [-0.25, -0.2) is 4.98 Å². The van der Waals surface area contributed by atoms with E-state index in [2.05, 4.69) is 31.2 Å². The van der Waals surface area contributed by atoms with E-state index in [0.717, 1.165) is 25.4 Å². The van der Waals surface area contributed by atoms with Crippen molar-refractivity contribution in [3.63, 3.8) is 0 Å². The highest BCUT2D eigenvalue weighted by atomic mass is 79.9. The third kappa shape index (κ3) is 2.87. The summed E-state index contributed by atoms with van der Waals surface area (Å²) in [7, 11) is 0. The predicted molar refractivity (Wildman–Crippen MR) is 91.2 cm³/mol. The van der Waals surface area contributed by atoms with Crippen LogP contribution in [0.25, 0.3) is 10.2 Å². The molecule has 2 aromatic heterocycles. The zero-order valence-corrected chi connectivity index (χ0v) is 14.1. The minimum absolute atomic E-state index is 0.0607. The fourth-order valence-electron chi connectivity index (χ4n) is 2.14. The normalized spacial score (nSPS) is 11.0. The number of nitrogens with one attached hydrogen (secondary N) is 2. The Balaban J connectivity index is 1.88. The Hall–Kier alpha value is -1.66. The van der Waals surface area contributed by atoms with Gasteiger partial charge >= 0.3 is 0 Å². The molecule has 0 spiro atoms. The van der Waals surface area contributed by atoms with Gasteiger partial charge in [-0.3, -0.25) is 4.79 Å². The standard InChI is InChI=1S/C15H14BrN3OS/c1-8-9(2)21-15-13(8)14(20)18-12(19-15)7-17-11-5-3-10(16)4-6-11/h3-6,17H,7H2,1-2H3,(H,18,19,20). The van der Waals surface area contributed by atoms with Crippen molar-refractivity contribution in [1.82, 2.24) is 9.97 Å². The second-order valence-electron chi connectivity index (χ2n) is 4.84. The van der Waals surface area contributed by atoms with Crippen LogP contribution in [-0.4, -0.2) is 9.97 Å². The summed E-state index contributed by atoms with van der Waals surface area (Å²) < 4.78 is 1.03. The molecule has 0 aliphatic heterocycles. The number of halogens is 1. The first-order valence-corrected chi connectivity index (χ1v) is 8.14. The van der Waals surface area contributed by atoms with Crippen LogP contribution < -0.4 is 10.9 Å². The average Bonchev–Trinajstić information content (AvgIpc) is 2.74. The molecule has 0 aliphatic carbocycles. The fraction of sp³-hybridized carbons (Fsp3) is 0.200. The minimum atomic E-state index is -0.0607. The molecule has 0 atom stereocenters. The van der Waals surface area contributed by atoms with Gasteiger partial charge in [0.25, 0.3) is 5.56 Å². The van der Waals surface area contributed by atoms with Crippen LogP contribution in [0.5, 0.6) is 0 Å². The van der Waals surface area contributed by atoms with Crippen molar-refractivity contribution in [3.8, 4) is 0 Å². The van der Waals surface area contributed by atoms with Crippen LogP contribution in [0.3, 0.4) is 0 Å². The van der Waals surface area contributed by atoms with Gasteiger partial charge in [0, 0.05) is 15.0 Å². The van der Waals surface area contributed by atoms with Gasteiger partial charge in [0.15, 0.2) is 0 Å². The quantitative estimate of drug-likeness (QED) is 0.739. The van der Waals surface area contributed by atoms with E-state index in [1.54, 1.807) is 11.3 Å². The third-order valence-corrected chi connectivity index (χ3v) is 5.02. The number of benzene rings is 1. The molecule has 1 aromatic carbocycles. The predicted octanol–water partition coefficient (Wildman–Crippen LogP) is 3.98. The highest BCUT2D eigenvalue weighted by Gasteiger charge is 2.11. The van der Waals surface area contributed by atoms with Gasteiger partial charge in [0.2, 0.25) is 0 Å². The topological polar surface area (TPSA) is 57.8 Å². The number of anilines is 1. The molecule has 108 valence electrons. The number of nitrogens with zero attached hydrogens (tertiary/aromatic N) is 1. The van der Waals surface area contributed by atoms with E-state index in [1.165, 1.54) is 0 Å². The first-order valence-electron chi connectivity index (χ1n) is 6.53. The van der Waals surface area contributed by atoms with E-state index in [0.29, 0.717) is 17.8 Å². The number of H-pyrrole nitrogens is 1. The lowest BCUT2D eigenvalue weighted by molar-refractivity contribution is 0.956. The van der Waals surface area contributed by atoms with Crippen LogP contribution in [-0.2, 0) is 6.54 Å². The summed E-state index contributed by atoms with van der Waals surface area (Å²) in [6, 6.07) is 7.88. The van der Waals surface area contributed by atoms with Crippen LogP contribution in [0.15, 0.2) is 33.5 Å². The molecule has 2 N–H and O–H groups in total. The smallest absolute Gasteiger partial charge is 0.259 e. The zero-order valence-electron chi connectivity index (χ0n) is 11.7. The lowest BCUT2D eigenvalue weighted by Crippen LogP contribution is -2.14. The molecule has 0 amide bonds. The van der Waals surface area contributed by atoms with E-state index in [4.69, 9.17) is 0 Å². The summed E-state index contributed by atoms with van der Waals surface area (Å²) >= 11 is 4.97. The monoisotopic (exact) mass is 363 g/mol. The maximum atomic E-state index is 12.2. The Kier molecular flexibility index (Phi) is 3.82. The van der Waals surface area contributed by atoms with Crippen LogP contribution in [0.4, 0.5) is 5.69 Å². The van der Waals surface area contributed by atoms with Crippen molar-refractivity contribution >= 4 is 43.2 Å². The van der Waals surface area contributed by atoms with Crippen LogP contribution in [0.2, 0.25) is 0 Å². The Morgan fingerprint density at radius 2 is 2.00 bits per heavy atom. The second-order valence-corrected chi connectivity index (χ2v) is 6.96. The minimum Gasteiger partial charge on any atom is -0.378 e. The van der Waals surface area contributed by atoms with Crippen molar-refractivity contribution in [2.75, 3.05) is 5.32 Å². The first-order chi connectivity index (χ1) is 10.0. The summed E-state index contributed by atoms with van der Waals surface area (Å²) in [6.45, 7) is 4.47. The number of aromatic nitrogens is 2. The number of aryl methyl sites for hydroxylation is 2.